The number of halogens is 1. The van der Waals surface area contributed by atoms with Crippen molar-refractivity contribution in [3.63, 3.8) is 0 Å². The first-order valence-corrected chi connectivity index (χ1v) is 6.58. The zero-order valence-corrected chi connectivity index (χ0v) is 11.1. The highest BCUT2D eigenvalue weighted by Crippen LogP contribution is 2.42. The lowest BCUT2D eigenvalue weighted by molar-refractivity contribution is -0.145. The van der Waals surface area contributed by atoms with Gasteiger partial charge in [-0.25, -0.2) is 0 Å². The van der Waals surface area contributed by atoms with E-state index in [1.807, 2.05) is 0 Å². The van der Waals surface area contributed by atoms with Crippen LogP contribution in [0.1, 0.15) is 43.2 Å². The van der Waals surface area contributed by atoms with E-state index in [4.69, 9.17) is 11.6 Å². The average molecular weight is 269 g/mol. The van der Waals surface area contributed by atoms with Crippen LogP contribution in [-0.2, 0) is 10.2 Å². The summed E-state index contributed by atoms with van der Waals surface area (Å²) in [5.41, 5.74) is 0.513. The molecule has 0 amide bonds. The molecule has 1 aromatic rings. The summed E-state index contributed by atoms with van der Waals surface area (Å²) in [7, 11) is 0. The number of carbonyl (C=O) groups is 1. The molecule has 2 N–H and O–H groups in total. The minimum Gasteiger partial charge on any atom is -0.506 e. The van der Waals surface area contributed by atoms with E-state index in [1.165, 1.54) is 0 Å². The van der Waals surface area contributed by atoms with E-state index < -0.39 is 11.4 Å². The number of aromatic hydroxyl groups is 1. The molecule has 0 aliphatic heterocycles. The van der Waals surface area contributed by atoms with E-state index in [2.05, 4.69) is 0 Å². The number of phenolic OH excluding ortho intramolecular Hbond substituents is 1. The van der Waals surface area contributed by atoms with Gasteiger partial charge in [0.05, 0.1) is 10.4 Å². The summed E-state index contributed by atoms with van der Waals surface area (Å²) < 4.78 is 0. The van der Waals surface area contributed by atoms with Crippen LogP contribution in [0.2, 0.25) is 5.02 Å². The Morgan fingerprint density at radius 1 is 1.28 bits per heavy atom. The summed E-state index contributed by atoms with van der Waals surface area (Å²) in [6, 6.07) is 3.35. The van der Waals surface area contributed by atoms with Crippen molar-refractivity contribution in [2.24, 2.45) is 0 Å². The Bertz CT molecular complexity index is 453. The van der Waals surface area contributed by atoms with Crippen molar-refractivity contribution in [1.29, 1.82) is 0 Å². The molecular formula is C14H17ClO3. The Morgan fingerprint density at radius 2 is 1.89 bits per heavy atom. The van der Waals surface area contributed by atoms with Crippen LogP contribution in [0.4, 0.5) is 0 Å². The predicted molar refractivity (Wildman–Crippen MR) is 70.3 cm³/mol. The monoisotopic (exact) mass is 268 g/mol. The van der Waals surface area contributed by atoms with Gasteiger partial charge in [0.2, 0.25) is 0 Å². The van der Waals surface area contributed by atoms with Crippen LogP contribution in [0, 0.1) is 6.92 Å². The lowest BCUT2D eigenvalue weighted by Gasteiger charge is -2.34. The quantitative estimate of drug-likeness (QED) is 0.861. The number of hydrogen-bond donors (Lipinski definition) is 2. The second-order valence-corrected chi connectivity index (χ2v) is 5.48. The SMILES string of the molecule is Cc1cc(C2(C(=O)O)CCCCC2)cc(Cl)c1O. The zero-order chi connectivity index (χ0) is 13.3. The van der Waals surface area contributed by atoms with E-state index in [-0.39, 0.29) is 10.8 Å². The van der Waals surface area contributed by atoms with Crippen molar-refractivity contribution in [3.8, 4) is 5.75 Å². The summed E-state index contributed by atoms with van der Waals surface area (Å²) in [5.74, 6) is -0.750. The predicted octanol–water partition coefficient (Wildman–Crippen LogP) is 3.64. The molecule has 18 heavy (non-hydrogen) atoms. The standard InChI is InChI=1S/C14H17ClO3/c1-9-7-10(8-11(15)12(9)16)14(13(17)18)5-3-2-4-6-14/h7-8,16H,2-6H2,1H3,(H,17,18). The molecule has 4 heteroatoms. The molecule has 1 aliphatic rings. The Morgan fingerprint density at radius 3 is 2.39 bits per heavy atom. The van der Waals surface area contributed by atoms with Gasteiger partial charge in [0.1, 0.15) is 5.75 Å². The van der Waals surface area contributed by atoms with Gasteiger partial charge >= 0.3 is 5.97 Å². The van der Waals surface area contributed by atoms with Crippen LogP contribution in [0.25, 0.3) is 0 Å². The Labute approximate surface area is 111 Å². The van der Waals surface area contributed by atoms with E-state index in [1.54, 1.807) is 19.1 Å². The van der Waals surface area contributed by atoms with E-state index in [9.17, 15) is 15.0 Å². The third-order valence-corrected chi connectivity index (χ3v) is 4.21. The fourth-order valence-corrected chi connectivity index (χ4v) is 3.06. The molecule has 0 bridgehead atoms. The molecule has 1 saturated carbocycles. The van der Waals surface area contributed by atoms with Gasteiger partial charge in [-0.1, -0.05) is 36.9 Å². The van der Waals surface area contributed by atoms with Gasteiger partial charge in [-0.15, -0.1) is 0 Å². The highest BCUT2D eigenvalue weighted by atomic mass is 35.5. The maximum Gasteiger partial charge on any atom is 0.314 e. The maximum atomic E-state index is 11.7. The van der Waals surface area contributed by atoms with E-state index in [0.717, 1.165) is 24.8 Å². The lowest BCUT2D eigenvalue weighted by Crippen LogP contribution is -2.37. The second kappa shape index (κ2) is 4.81. The average Bonchev–Trinajstić information content (AvgIpc) is 2.36. The molecule has 0 radical (unpaired) electrons. The second-order valence-electron chi connectivity index (χ2n) is 5.07. The third kappa shape index (κ3) is 2.07. The first-order valence-electron chi connectivity index (χ1n) is 6.20. The highest BCUT2D eigenvalue weighted by molar-refractivity contribution is 6.32. The van der Waals surface area contributed by atoms with Crippen molar-refractivity contribution < 1.29 is 15.0 Å². The zero-order valence-electron chi connectivity index (χ0n) is 10.4. The summed E-state index contributed by atoms with van der Waals surface area (Å²) in [5, 5.41) is 19.5. The van der Waals surface area contributed by atoms with Crippen LogP contribution < -0.4 is 0 Å². The highest BCUT2D eigenvalue weighted by Gasteiger charge is 2.41. The molecule has 0 aromatic heterocycles. The fourth-order valence-electron chi connectivity index (χ4n) is 2.79. The number of aliphatic carboxylic acids is 1. The molecule has 0 heterocycles. The van der Waals surface area contributed by atoms with Gasteiger partial charge < -0.3 is 10.2 Å². The molecule has 98 valence electrons. The molecular weight excluding hydrogens is 252 g/mol. The summed E-state index contributed by atoms with van der Waals surface area (Å²) in [6.07, 6.45) is 4.21. The number of hydrogen-bond acceptors (Lipinski definition) is 2. The van der Waals surface area contributed by atoms with Gasteiger partial charge in [0.25, 0.3) is 0 Å². The number of carboxylic acid groups (broad SMARTS) is 1. The molecule has 3 nitrogen and oxygen atoms in total. The molecule has 0 spiro atoms. The number of benzene rings is 1. The van der Waals surface area contributed by atoms with E-state index >= 15 is 0 Å². The molecule has 2 rings (SSSR count). The molecule has 0 unspecified atom stereocenters. The van der Waals surface area contributed by atoms with Gasteiger partial charge in [0, 0.05) is 0 Å². The smallest absolute Gasteiger partial charge is 0.314 e. The number of carboxylic acids is 1. The minimum atomic E-state index is -0.833. The first kappa shape index (κ1) is 13.2. The van der Waals surface area contributed by atoms with Crippen LogP contribution in [-0.4, -0.2) is 16.2 Å². The lowest BCUT2D eigenvalue weighted by atomic mass is 9.69. The van der Waals surface area contributed by atoms with Crippen molar-refractivity contribution in [2.45, 2.75) is 44.4 Å². The van der Waals surface area contributed by atoms with Crippen LogP contribution in [0.15, 0.2) is 12.1 Å². The summed E-state index contributed by atoms with van der Waals surface area (Å²) in [6.45, 7) is 1.74. The molecule has 0 saturated heterocycles. The van der Waals surface area contributed by atoms with Crippen LogP contribution >= 0.6 is 11.6 Å². The van der Waals surface area contributed by atoms with Crippen LogP contribution in [0.5, 0.6) is 5.75 Å². The van der Waals surface area contributed by atoms with Crippen molar-refractivity contribution >= 4 is 17.6 Å². The number of phenols is 1. The van der Waals surface area contributed by atoms with Gasteiger partial charge in [-0.05, 0) is 37.0 Å². The molecule has 1 fully saturated rings. The van der Waals surface area contributed by atoms with Gasteiger partial charge in [-0.2, -0.15) is 0 Å². The van der Waals surface area contributed by atoms with Gasteiger partial charge in [0.15, 0.2) is 0 Å². The first-order chi connectivity index (χ1) is 8.47. The Kier molecular flexibility index (Phi) is 3.53. The van der Waals surface area contributed by atoms with Crippen molar-refractivity contribution in [3.05, 3.63) is 28.3 Å². The Balaban J connectivity index is 2.52. The van der Waals surface area contributed by atoms with Crippen molar-refractivity contribution in [2.75, 3.05) is 0 Å². The largest absolute Gasteiger partial charge is 0.506 e. The minimum absolute atomic E-state index is 0.0387. The summed E-state index contributed by atoms with van der Waals surface area (Å²) >= 11 is 5.96. The maximum absolute atomic E-state index is 11.7. The topological polar surface area (TPSA) is 57.5 Å². The van der Waals surface area contributed by atoms with Gasteiger partial charge in [-0.3, -0.25) is 4.79 Å². The number of rotatable bonds is 2. The fraction of sp³-hybridized carbons (Fsp3) is 0.500. The van der Waals surface area contributed by atoms with Crippen molar-refractivity contribution in [1.82, 2.24) is 0 Å². The molecule has 1 aliphatic carbocycles. The number of aryl methyl sites for hydroxylation is 1. The third-order valence-electron chi connectivity index (χ3n) is 3.92. The molecule has 1 aromatic carbocycles. The molecule has 0 atom stereocenters. The van der Waals surface area contributed by atoms with E-state index in [0.29, 0.717) is 18.4 Å². The Hall–Kier alpha value is -1.22. The normalized spacial score (nSPS) is 18.6. The van der Waals surface area contributed by atoms with Crippen LogP contribution in [0.3, 0.4) is 0 Å². The summed E-state index contributed by atoms with van der Waals surface area (Å²) in [4.78, 5) is 11.7.